The average molecular weight is 701 g/mol. The molecule has 0 aliphatic heterocycles. The Labute approximate surface area is 263 Å². The van der Waals surface area contributed by atoms with Gasteiger partial charge in [0.15, 0.2) is 0 Å². The molecule has 4 rings (SSSR count). The second-order valence-electron chi connectivity index (χ2n) is 8.18. The fraction of sp³-hybridized carbons (Fsp3) is 0. The Morgan fingerprint density at radius 3 is 1.18 bits per heavy atom. The molecule has 236 valence electrons. The summed E-state index contributed by atoms with van der Waals surface area (Å²) in [5.74, 6) is 21.0. The van der Waals surface area contributed by atoms with E-state index >= 15 is 0 Å². The van der Waals surface area contributed by atoms with Gasteiger partial charge in [-0.05, 0) is 109 Å². The van der Waals surface area contributed by atoms with Gasteiger partial charge < -0.3 is 4.74 Å². The average Bonchev–Trinajstić information content (AvgIpc) is 3.02. The minimum absolute atomic E-state index is 0.0113. The molecule has 15 nitrogen and oxygen atoms in total. The highest BCUT2D eigenvalue weighted by Gasteiger charge is 2.19. The molecule has 44 heavy (non-hydrogen) atoms. The molecule has 0 aromatic heterocycles. The zero-order valence-corrected chi connectivity index (χ0v) is 26.5. The summed E-state index contributed by atoms with van der Waals surface area (Å²) in [7, 11) is -11.0. The summed E-state index contributed by atoms with van der Waals surface area (Å²) in [4.78, 5) is 10.1. The van der Waals surface area contributed by atoms with Crippen LogP contribution in [0.4, 0.5) is 0 Å². The van der Waals surface area contributed by atoms with Gasteiger partial charge in [0.05, 0.1) is 19.6 Å². The zero-order valence-electron chi connectivity index (χ0n) is 22.4. The lowest BCUT2D eigenvalue weighted by Gasteiger charge is -2.08. The summed E-state index contributed by atoms with van der Waals surface area (Å²) in [6.07, 6.45) is 0. The van der Waals surface area contributed by atoms with Crippen LogP contribution < -0.4 is 47.4 Å². The summed E-state index contributed by atoms with van der Waals surface area (Å²) < 4.78 is 76.7. The van der Waals surface area contributed by atoms with Crippen LogP contribution in [0.15, 0.2) is 126 Å². The fourth-order valence-electron chi connectivity index (χ4n) is 3.33. The standard InChI is InChI=1S/C12H14N4O5S2.C12H14N4O2S3/c13-15-22(17,18)11-5-1-9(2-6-11)21-10-3-7-12(8-4-10)23(19,20)16-14;13-15-19-9-3-1-5-11(7-9)21(17,18)12-6-2-4-10(8-12)20-16-14/h1-8,15-16H,13-14H2;1-8,15-16H,13-14H2. The molecular formula is C24H28N8O7S5. The number of nitrogens with one attached hydrogen (secondary N) is 4. The minimum Gasteiger partial charge on any atom is -0.457 e. The summed E-state index contributed by atoms with van der Waals surface area (Å²) in [5.41, 5.74) is 0. The molecule has 0 heterocycles. The minimum atomic E-state index is -3.73. The quantitative estimate of drug-likeness (QED) is 0.0587. The normalized spacial score (nSPS) is 11.8. The zero-order chi connectivity index (χ0) is 32.4. The molecule has 0 aliphatic rings. The molecule has 0 aliphatic carbocycles. The van der Waals surface area contributed by atoms with Crippen molar-refractivity contribution in [1.82, 2.24) is 19.3 Å². The summed E-state index contributed by atoms with van der Waals surface area (Å²) >= 11 is 2.29. The number of hydrogen-bond acceptors (Lipinski definition) is 15. The highest BCUT2D eigenvalue weighted by Crippen LogP contribution is 2.27. The predicted octanol–water partition coefficient (Wildman–Crippen LogP) is 1.24. The number of rotatable bonds is 12. The van der Waals surface area contributed by atoms with Crippen molar-refractivity contribution in [3.8, 4) is 11.5 Å². The molecule has 0 atom stereocenters. The number of hydrazine groups is 4. The van der Waals surface area contributed by atoms with E-state index in [1.54, 1.807) is 58.2 Å². The van der Waals surface area contributed by atoms with Gasteiger partial charge in [-0.25, -0.2) is 25.3 Å². The van der Waals surface area contributed by atoms with Gasteiger partial charge in [-0.3, -0.25) is 23.4 Å². The monoisotopic (exact) mass is 700 g/mol. The van der Waals surface area contributed by atoms with Gasteiger partial charge in [-0.2, -0.15) is 19.3 Å². The third-order valence-corrected chi connectivity index (χ3v) is 10.8. The molecule has 0 radical (unpaired) electrons. The van der Waals surface area contributed by atoms with E-state index < -0.39 is 29.9 Å². The van der Waals surface area contributed by atoms with Crippen LogP contribution in [0.25, 0.3) is 0 Å². The van der Waals surface area contributed by atoms with Crippen molar-refractivity contribution in [2.75, 3.05) is 0 Å². The number of ether oxygens (including phenoxy) is 1. The third kappa shape index (κ3) is 9.45. The van der Waals surface area contributed by atoms with Crippen molar-refractivity contribution < 1.29 is 30.0 Å². The molecule has 4 aromatic rings. The van der Waals surface area contributed by atoms with E-state index in [4.69, 9.17) is 28.1 Å². The second kappa shape index (κ2) is 15.8. The maximum atomic E-state index is 12.6. The largest absolute Gasteiger partial charge is 0.457 e. The van der Waals surface area contributed by atoms with Crippen LogP contribution in [0, 0.1) is 0 Å². The molecule has 0 amide bonds. The number of nitrogens with two attached hydrogens (primary N) is 4. The van der Waals surface area contributed by atoms with Crippen molar-refractivity contribution in [3.63, 3.8) is 0 Å². The molecule has 4 aromatic carbocycles. The smallest absolute Gasteiger partial charge is 0.253 e. The fourth-order valence-corrected chi connectivity index (χ4v) is 7.03. The molecule has 0 spiro atoms. The molecule has 12 N–H and O–H groups in total. The van der Waals surface area contributed by atoms with Crippen molar-refractivity contribution in [1.29, 1.82) is 0 Å². The maximum absolute atomic E-state index is 12.6. The van der Waals surface area contributed by atoms with E-state index in [-0.39, 0.29) is 19.6 Å². The first-order chi connectivity index (χ1) is 20.9. The first-order valence-electron chi connectivity index (χ1n) is 11.9. The van der Waals surface area contributed by atoms with E-state index in [0.717, 1.165) is 23.9 Å². The van der Waals surface area contributed by atoms with Crippen LogP contribution in [0.2, 0.25) is 0 Å². The third-order valence-electron chi connectivity index (χ3n) is 5.40. The molecule has 0 bridgehead atoms. The number of sulfone groups is 1. The lowest BCUT2D eigenvalue weighted by atomic mass is 10.3. The Kier molecular flexibility index (Phi) is 12.7. The Balaban J connectivity index is 0.000000241. The van der Waals surface area contributed by atoms with E-state index in [2.05, 4.69) is 9.66 Å². The first-order valence-corrected chi connectivity index (χ1v) is 18.0. The lowest BCUT2D eigenvalue weighted by molar-refractivity contribution is 0.481. The van der Waals surface area contributed by atoms with Crippen LogP contribution in [-0.4, -0.2) is 25.3 Å². The van der Waals surface area contributed by atoms with Gasteiger partial charge in [0.25, 0.3) is 20.0 Å². The van der Waals surface area contributed by atoms with Crippen LogP contribution in [0.5, 0.6) is 11.5 Å². The van der Waals surface area contributed by atoms with E-state index in [9.17, 15) is 25.3 Å². The van der Waals surface area contributed by atoms with Crippen molar-refractivity contribution >= 4 is 53.8 Å². The highest BCUT2D eigenvalue weighted by molar-refractivity contribution is 7.97. The van der Waals surface area contributed by atoms with Gasteiger partial charge in [-0.15, -0.1) is 0 Å². The van der Waals surface area contributed by atoms with E-state index in [1.807, 2.05) is 0 Å². The van der Waals surface area contributed by atoms with E-state index in [0.29, 0.717) is 21.3 Å². The SMILES string of the molecule is NNS(=O)(=O)c1ccc(Oc2ccc(S(=O)(=O)NN)cc2)cc1.NNSc1cccc(S(=O)(=O)c2cccc(SNN)c2)c1. The van der Waals surface area contributed by atoms with Crippen molar-refractivity contribution in [3.05, 3.63) is 97.1 Å². The number of sulfonamides is 2. The topological polar surface area (TPSA) is 264 Å². The lowest BCUT2D eigenvalue weighted by Crippen LogP contribution is -2.30. The molecule has 20 heteroatoms. The maximum Gasteiger partial charge on any atom is 0.253 e. The highest BCUT2D eigenvalue weighted by atomic mass is 32.2. The summed E-state index contributed by atoms with van der Waals surface area (Å²) in [6.45, 7) is 0. The molecule has 0 saturated heterocycles. The van der Waals surface area contributed by atoms with Gasteiger partial charge in [0.1, 0.15) is 11.5 Å². The van der Waals surface area contributed by atoms with Crippen molar-refractivity contribution in [2.45, 2.75) is 29.4 Å². The van der Waals surface area contributed by atoms with Crippen LogP contribution in [0.1, 0.15) is 0 Å². The Morgan fingerprint density at radius 1 is 0.500 bits per heavy atom. The van der Waals surface area contributed by atoms with Crippen molar-refractivity contribution in [2.24, 2.45) is 23.4 Å². The molecule has 0 unspecified atom stereocenters. The number of benzene rings is 4. The molecular weight excluding hydrogens is 673 g/mol. The molecule has 0 fully saturated rings. The van der Waals surface area contributed by atoms with Crippen LogP contribution in [0.3, 0.4) is 0 Å². The predicted molar refractivity (Wildman–Crippen MR) is 167 cm³/mol. The van der Waals surface area contributed by atoms with Gasteiger partial charge >= 0.3 is 0 Å². The Bertz CT molecular complexity index is 1750. The second-order valence-corrected chi connectivity index (χ2v) is 15.4. The summed E-state index contributed by atoms with van der Waals surface area (Å²) in [6, 6.07) is 24.2. The van der Waals surface area contributed by atoms with Gasteiger partial charge in [0.2, 0.25) is 9.84 Å². The summed E-state index contributed by atoms with van der Waals surface area (Å²) in [5, 5.41) is 0. The van der Waals surface area contributed by atoms with Crippen LogP contribution >= 0.6 is 23.9 Å². The van der Waals surface area contributed by atoms with Gasteiger partial charge in [0, 0.05) is 9.79 Å². The number of hydrogen-bond donors (Lipinski definition) is 8. The van der Waals surface area contributed by atoms with Crippen LogP contribution in [-0.2, 0) is 29.9 Å². The Morgan fingerprint density at radius 2 is 0.864 bits per heavy atom. The van der Waals surface area contributed by atoms with Gasteiger partial charge in [-0.1, -0.05) is 12.1 Å². The first kappa shape index (κ1) is 35.4. The van der Waals surface area contributed by atoms with E-state index in [1.165, 1.54) is 48.5 Å². The Hall–Kier alpha value is -3.09. The molecule has 0 saturated carbocycles.